The number of carboxylic acids is 1. The highest BCUT2D eigenvalue weighted by Gasteiger charge is 2.52. The van der Waals surface area contributed by atoms with E-state index in [1.54, 1.807) is 11.8 Å². The van der Waals surface area contributed by atoms with Crippen molar-refractivity contribution in [1.82, 2.24) is 4.90 Å². The topological polar surface area (TPSA) is 57.6 Å². The van der Waals surface area contributed by atoms with Gasteiger partial charge in [-0.1, -0.05) is 37.3 Å². The van der Waals surface area contributed by atoms with Crippen LogP contribution in [-0.2, 0) is 16.1 Å². The van der Waals surface area contributed by atoms with Gasteiger partial charge in [-0.15, -0.1) is 0 Å². The lowest BCUT2D eigenvalue weighted by Crippen LogP contribution is -2.37. The lowest BCUT2D eigenvalue weighted by Gasteiger charge is -2.25. The van der Waals surface area contributed by atoms with E-state index in [0.717, 1.165) is 17.9 Å². The third-order valence-corrected chi connectivity index (χ3v) is 4.83. The molecule has 0 bridgehead atoms. The van der Waals surface area contributed by atoms with Gasteiger partial charge >= 0.3 is 5.97 Å². The molecule has 118 valence electrons. The van der Waals surface area contributed by atoms with E-state index in [2.05, 4.69) is 0 Å². The van der Waals surface area contributed by atoms with Crippen LogP contribution in [0.5, 0.6) is 0 Å². The number of rotatable bonds is 7. The molecule has 3 rings (SSSR count). The molecular weight excluding hydrogens is 278 g/mol. The van der Waals surface area contributed by atoms with E-state index in [-0.39, 0.29) is 18.4 Å². The number of nitrogens with zero attached hydrogens (tertiary/aromatic N) is 1. The summed E-state index contributed by atoms with van der Waals surface area (Å²) in [4.78, 5) is 25.6. The van der Waals surface area contributed by atoms with Crippen LogP contribution < -0.4 is 0 Å². The standard InChI is InChI=1S/C18H23NO3/c1-12(18(21)22)10-19(11-13-5-3-2-4-6-13)17(20)16-9-15(16)14-7-8-14/h2-6,12,14-16H,7-11H2,1H3,(H,21,22)/t12-,15+,16+/m1/s1. The molecule has 0 heterocycles. The van der Waals surface area contributed by atoms with E-state index in [0.29, 0.717) is 12.5 Å². The zero-order valence-electron chi connectivity index (χ0n) is 12.9. The van der Waals surface area contributed by atoms with Crippen molar-refractivity contribution in [1.29, 1.82) is 0 Å². The molecule has 1 aromatic rings. The van der Waals surface area contributed by atoms with Crippen LogP contribution in [0.15, 0.2) is 30.3 Å². The molecule has 22 heavy (non-hydrogen) atoms. The van der Waals surface area contributed by atoms with Crippen LogP contribution in [0.1, 0.15) is 31.7 Å². The third kappa shape index (κ3) is 3.49. The summed E-state index contributed by atoms with van der Waals surface area (Å²) in [5, 5.41) is 9.15. The summed E-state index contributed by atoms with van der Waals surface area (Å²) in [6, 6.07) is 9.80. The molecular formula is C18H23NO3. The lowest BCUT2D eigenvalue weighted by atomic mass is 10.1. The number of hydrogen-bond acceptors (Lipinski definition) is 2. The minimum Gasteiger partial charge on any atom is -0.481 e. The number of carbonyl (C=O) groups is 2. The monoisotopic (exact) mass is 301 g/mol. The van der Waals surface area contributed by atoms with Crippen molar-refractivity contribution >= 4 is 11.9 Å². The molecule has 3 atom stereocenters. The van der Waals surface area contributed by atoms with Crippen molar-refractivity contribution in [2.24, 2.45) is 23.7 Å². The molecule has 2 fully saturated rings. The summed E-state index contributed by atoms with van der Waals surface area (Å²) in [6.45, 7) is 2.46. The molecule has 2 aliphatic rings. The van der Waals surface area contributed by atoms with Crippen LogP contribution in [-0.4, -0.2) is 28.4 Å². The van der Waals surface area contributed by atoms with Gasteiger partial charge in [0.25, 0.3) is 0 Å². The number of amides is 1. The Morgan fingerprint density at radius 1 is 1.27 bits per heavy atom. The zero-order valence-corrected chi connectivity index (χ0v) is 12.9. The van der Waals surface area contributed by atoms with Crippen LogP contribution >= 0.6 is 0 Å². The molecule has 0 aliphatic heterocycles. The Balaban J connectivity index is 1.67. The van der Waals surface area contributed by atoms with Crippen molar-refractivity contribution in [3.63, 3.8) is 0 Å². The van der Waals surface area contributed by atoms with Crippen LogP contribution in [0.25, 0.3) is 0 Å². The van der Waals surface area contributed by atoms with Crippen molar-refractivity contribution in [3.8, 4) is 0 Å². The second-order valence-corrected chi connectivity index (χ2v) is 6.79. The van der Waals surface area contributed by atoms with E-state index in [1.165, 1.54) is 12.8 Å². The molecule has 2 aliphatic carbocycles. The van der Waals surface area contributed by atoms with Gasteiger partial charge in [0, 0.05) is 19.0 Å². The average molecular weight is 301 g/mol. The molecule has 1 aromatic carbocycles. The van der Waals surface area contributed by atoms with E-state index >= 15 is 0 Å². The number of carboxylic acid groups (broad SMARTS) is 1. The molecule has 2 saturated carbocycles. The summed E-state index contributed by atoms with van der Waals surface area (Å²) in [5.41, 5.74) is 1.05. The average Bonchev–Trinajstić information content (AvgIpc) is 3.38. The molecule has 0 radical (unpaired) electrons. The maximum absolute atomic E-state index is 12.7. The molecule has 0 saturated heterocycles. The minimum absolute atomic E-state index is 0.136. The Labute approximate surface area is 131 Å². The van der Waals surface area contributed by atoms with E-state index in [4.69, 9.17) is 5.11 Å². The van der Waals surface area contributed by atoms with Crippen molar-refractivity contribution in [2.75, 3.05) is 6.54 Å². The van der Waals surface area contributed by atoms with Gasteiger partial charge in [-0.25, -0.2) is 0 Å². The first kappa shape index (κ1) is 15.1. The molecule has 1 N–H and O–H groups in total. The van der Waals surface area contributed by atoms with Gasteiger partial charge < -0.3 is 10.0 Å². The van der Waals surface area contributed by atoms with Gasteiger partial charge in [-0.2, -0.15) is 0 Å². The summed E-state index contributed by atoms with van der Waals surface area (Å²) in [5.74, 6) is 0.215. The van der Waals surface area contributed by atoms with Crippen LogP contribution in [0, 0.1) is 23.7 Å². The molecule has 1 amide bonds. The van der Waals surface area contributed by atoms with Crippen LogP contribution in [0.2, 0.25) is 0 Å². The van der Waals surface area contributed by atoms with Gasteiger partial charge in [0.05, 0.1) is 5.92 Å². The highest BCUT2D eigenvalue weighted by molar-refractivity contribution is 5.82. The van der Waals surface area contributed by atoms with Crippen LogP contribution in [0.3, 0.4) is 0 Å². The second kappa shape index (κ2) is 6.11. The third-order valence-electron chi connectivity index (χ3n) is 4.83. The molecule has 4 nitrogen and oxygen atoms in total. The normalized spacial score (nSPS) is 24.6. The second-order valence-electron chi connectivity index (χ2n) is 6.79. The molecule has 4 heteroatoms. The fourth-order valence-electron chi connectivity index (χ4n) is 3.22. The van der Waals surface area contributed by atoms with Gasteiger partial charge in [-0.3, -0.25) is 9.59 Å². The number of carbonyl (C=O) groups excluding carboxylic acids is 1. The Morgan fingerprint density at radius 2 is 1.95 bits per heavy atom. The smallest absolute Gasteiger partial charge is 0.308 e. The summed E-state index contributed by atoms with van der Waals surface area (Å²) >= 11 is 0. The summed E-state index contributed by atoms with van der Waals surface area (Å²) in [6.07, 6.45) is 3.52. The van der Waals surface area contributed by atoms with Gasteiger partial charge in [-0.05, 0) is 36.7 Å². The van der Waals surface area contributed by atoms with Crippen LogP contribution in [0.4, 0.5) is 0 Å². The quantitative estimate of drug-likeness (QED) is 0.842. The van der Waals surface area contributed by atoms with Gasteiger partial charge in [0.1, 0.15) is 0 Å². The first-order chi connectivity index (χ1) is 10.6. The highest BCUT2D eigenvalue weighted by Crippen LogP contribution is 2.55. The Morgan fingerprint density at radius 3 is 2.55 bits per heavy atom. The SMILES string of the molecule is C[C@H](CN(Cc1ccccc1)C(=O)[C@H]1C[C@H]1C1CC1)C(=O)O. The van der Waals surface area contributed by atoms with E-state index in [9.17, 15) is 9.59 Å². The number of benzene rings is 1. The maximum Gasteiger partial charge on any atom is 0.308 e. The lowest BCUT2D eigenvalue weighted by molar-refractivity contribution is -0.143. The molecule has 0 unspecified atom stereocenters. The fraction of sp³-hybridized carbons (Fsp3) is 0.556. The maximum atomic E-state index is 12.7. The number of aliphatic carboxylic acids is 1. The van der Waals surface area contributed by atoms with Crippen molar-refractivity contribution < 1.29 is 14.7 Å². The van der Waals surface area contributed by atoms with Gasteiger partial charge in [0.15, 0.2) is 0 Å². The van der Waals surface area contributed by atoms with E-state index in [1.807, 2.05) is 30.3 Å². The fourth-order valence-corrected chi connectivity index (χ4v) is 3.22. The zero-order chi connectivity index (χ0) is 15.7. The first-order valence-corrected chi connectivity index (χ1v) is 8.11. The Bertz CT molecular complexity index is 553. The molecule has 0 aromatic heterocycles. The predicted octanol–water partition coefficient (Wildman–Crippen LogP) is 2.78. The summed E-state index contributed by atoms with van der Waals surface area (Å²) in [7, 11) is 0. The first-order valence-electron chi connectivity index (χ1n) is 8.11. The van der Waals surface area contributed by atoms with Crippen molar-refractivity contribution in [3.05, 3.63) is 35.9 Å². The largest absolute Gasteiger partial charge is 0.481 e. The number of hydrogen-bond donors (Lipinski definition) is 1. The van der Waals surface area contributed by atoms with E-state index < -0.39 is 11.9 Å². The Hall–Kier alpha value is -1.84. The molecule has 0 spiro atoms. The minimum atomic E-state index is -0.847. The van der Waals surface area contributed by atoms with Crippen molar-refractivity contribution in [2.45, 2.75) is 32.7 Å². The van der Waals surface area contributed by atoms with Gasteiger partial charge in [0.2, 0.25) is 5.91 Å². The predicted molar refractivity (Wildman–Crippen MR) is 83.0 cm³/mol. The Kier molecular flexibility index (Phi) is 4.19. The summed E-state index contributed by atoms with van der Waals surface area (Å²) < 4.78 is 0. The highest BCUT2D eigenvalue weighted by atomic mass is 16.4.